The molecule has 1 fully saturated rings. The quantitative estimate of drug-likeness (QED) is 0.248. The number of nitrogens with zero attached hydrogens (tertiary/aromatic N) is 4. The molecule has 3 aromatic carbocycles. The van der Waals surface area contributed by atoms with Crippen molar-refractivity contribution < 1.29 is 14.7 Å². The second-order valence-electron chi connectivity index (χ2n) is 10.8. The van der Waals surface area contributed by atoms with Gasteiger partial charge in [-0.25, -0.2) is 9.78 Å². The molecule has 8 heteroatoms. The summed E-state index contributed by atoms with van der Waals surface area (Å²) in [6.07, 6.45) is 2.06. The molecule has 1 aliphatic heterocycles. The number of hydrogen-bond acceptors (Lipinski definition) is 6. The highest BCUT2D eigenvalue weighted by molar-refractivity contribution is 7.14. The molecular weight excluding hydrogens is 532 g/mol. The van der Waals surface area contributed by atoms with Gasteiger partial charge in [-0.2, -0.15) is 0 Å². The normalized spacial score (nSPS) is 13.7. The number of hydrogen-bond donors (Lipinski definition) is 1. The van der Waals surface area contributed by atoms with Crippen molar-refractivity contribution in [2.45, 2.75) is 38.8 Å². The molecule has 7 nitrogen and oxygen atoms in total. The van der Waals surface area contributed by atoms with Gasteiger partial charge in [-0.05, 0) is 59.7 Å². The highest BCUT2D eigenvalue weighted by Crippen LogP contribution is 2.30. The Balaban J connectivity index is 1.16. The Bertz CT molecular complexity index is 1470. The molecule has 4 aromatic rings. The fourth-order valence-corrected chi connectivity index (χ4v) is 6.14. The number of aromatic carboxylic acids is 1. The van der Waals surface area contributed by atoms with E-state index in [9.17, 15) is 9.59 Å². The minimum Gasteiger partial charge on any atom is -0.478 e. The van der Waals surface area contributed by atoms with E-state index in [-0.39, 0.29) is 5.91 Å². The van der Waals surface area contributed by atoms with Crippen LogP contribution in [0.4, 0.5) is 10.8 Å². The number of piperidine rings is 1. The van der Waals surface area contributed by atoms with Crippen LogP contribution in [0.1, 0.15) is 52.7 Å². The topological polar surface area (TPSA) is 77.0 Å². The molecule has 1 aromatic heterocycles. The Hall–Kier alpha value is -4.17. The second-order valence-corrected chi connectivity index (χ2v) is 11.6. The lowest BCUT2D eigenvalue weighted by Crippen LogP contribution is -2.36. The third kappa shape index (κ3) is 6.95. The molecule has 0 bridgehead atoms. The van der Waals surface area contributed by atoms with Gasteiger partial charge in [0.1, 0.15) is 0 Å². The van der Waals surface area contributed by atoms with Crippen molar-refractivity contribution in [2.75, 3.05) is 37.0 Å². The fraction of sp³-hybridized carbons (Fsp3) is 0.303. The van der Waals surface area contributed by atoms with Gasteiger partial charge < -0.3 is 19.8 Å². The van der Waals surface area contributed by atoms with Crippen LogP contribution in [0.2, 0.25) is 0 Å². The third-order valence-corrected chi connectivity index (χ3v) is 8.81. The predicted octanol–water partition coefficient (Wildman–Crippen LogP) is 6.51. The average Bonchev–Trinajstić information content (AvgIpc) is 3.49. The first-order chi connectivity index (χ1) is 19.8. The number of aromatic nitrogens is 1. The third-order valence-electron chi connectivity index (χ3n) is 7.85. The molecule has 0 atom stereocenters. The number of carboxylic acid groups (broad SMARTS) is 1. The smallest absolute Gasteiger partial charge is 0.335 e. The van der Waals surface area contributed by atoms with Gasteiger partial charge in [0, 0.05) is 63.8 Å². The van der Waals surface area contributed by atoms with E-state index in [1.54, 1.807) is 30.4 Å². The predicted molar refractivity (Wildman–Crippen MR) is 166 cm³/mol. The molecule has 0 radical (unpaired) electrons. The first-order valence-electron chi connectivity index (χ1n) is 13.9. The van der Waals surface area contributed by atoms with Crippen molar-refractivity contribution >= 4 is 34.0 Å². The minimum atomic E-state index is -0.916. The van der Waals surface area contributed by atoms with Crippen molar-refractivity contribution in [1.29, 1.82) is 0 Å². The van der Waals surface area contributed by atoms with Gasteiger partial charge in [0.15, 0.2) is 5.13 Å². The molecule has 212 valence electrons. The molecule has 0 unspecified atom stereocenters. The molecular formula is C33H36N4O3S. The van der Waals surface area contributed by atoms with Crippen LogP contribution in [0, 0.1) is 0 Å². The highest BCUT2D eigenvalue weighted by atomic mass is 32.1. The molecule has 0 saturated carbocycles. The number of amides is 1. The van der Waals surface area contributed by atoms with Crippen molar-refractivity contribution in [3.05, 3.63) is 100 Å². The summed E-state index contributed by atoms with van der Waals surface area (Å²) in [4.78, 5) is 33.8. The number of benzene rings is 3. The van der Waals surface area contributed by atoms with Gasteiger partial charge in [0.2, 0.25) is 5.91 Å². The number of carbonyl (C=O) groups is 2. The Labute approximate surface area is 245 Å². The van der Waals surface area contributed by atoms with E-state index in [1.165, 1.54) is 11.1 Å². The van der Waals surface area contributed by atoms with Crippen LogP contribution in [0.25, 0.3) is 11.3 Å². The van der Waals surface area contributed by atoms with Crippen LogP contribution in [-0.2, 0) is 17.9 Å². The SMILES string of the molecule is CC(=O)N1CCC(c2ccc(CN(C)c3ccc(-c4csc(N(C)Cc5ccc(C(=O)O)cc5)n4)cc3)cc2)CC1. The summed E-state index contributed by atoms with van der Waals surface area (Å²) >= 11 is 1.60. The molecule has 1 N–H and O–H groups in total. The van der Waals surface area contributed by atoms with Gasteiger partial charge in [-0.3, -0.25) is 4.79 Å². The molecule has 5 rings (SSSR count). The maximum atomic E-state index is 11.6. The summed E-state index contributed by atoms with van der Waals surface area (Å²) < 4.78 is 0. The molecule has 1 saturated heterocycles. The van der Waals surface area contributed by atoms with Crippen molar-refractivity contribution in [1.82, 2.24) is 9.88 Å². The summed E-state index contributed by atoms with van der Waals surface area (Å²) in [6, 6.07) is 24.4. The van der Waals surface area contributed by atoms with E-state index in [2.05, 4.69) is 70.8 Å². The lowest BCUT2D eigenvalue weighted by Gasteiger charge is -2.31. The van der Waals surface area contributed by atoms with Crippen LogP contribution < -0.4 is 9.80 Å². The van der Waals surface area contributed by atoms with E-state index in [0.29, 0.717) is 18.0 Å². The van der Waals surface area contributed by atoms with Crippen LogP contribution >= 0.6 is 11.3 Å². The maximum Gasteiger partial charge on any atom is 0.335 e. The average molecular weight is 569 g/mol. The van der Waals surface area contributed by atoms with Crippen LogP contribution in [0.5, 0.6) is 0 Å². The molecule has 0 spiro atoms. The monoisotopic (exact) mass is 568 g/mol. The number of anilines is 2. The first kappa shape index (κ1) is 28.4. The Kier molecular flexibility index (Phi) is 8.69. The fourth-order valence-electron chi connectivity index (χ4n) is 5.34. The molecule has 1 aliphatic rings. The van der Waals surface area contributed by atoms with E-state index >= 15 is 0 Å². The summed E-state index contributed by atoms with van der Waals surface area (Å²) in [7, 11) is 4.11. The summed E-state index contributed by atoms with van der Waals surface area (Å²) in [5.41, 5.74) is 7.12. The van der Waals surface area contributed by atoms with Crippen LogP contribution in [-0.4, -0.2) is 54.1 Å². The maximum absolute atomic E-state index is 11.6. The summed E-state index contributed by atoms with van der Waals surface area (Å²) in [6.45, 7) is 4.83. The van der Waals surface area contributed by atoms with Crippen LogP contribution in [0.3, 0.4) is 0 Å². The number of thiazole rings is 1. The minimum absolute atomic E-state index is 0.179. The standard InChI is InChI=1S/C33H36N4O3S/c1-23(38)37-18-16-27(17-19-37)26-8-4-24(5-9-26)20-35(2)30-14-12-28(13-15-30)31-22-41-33(34-31)36(3)21-25-6-10-29(11-7-25)32(39)40/h4-15,22,27H,16-21H2,1-3H3,(H,39,40). The number of carbonyl (C=O) groups excluding carboxylic acids is 1. The summed E-state index contributed by atoms with van der Waals surface area (Å²) in [5, 5.41) is 12.1. The van der Waals surface area contributed by atoms with Gasteiger partial charge in [0.25, 0.3) is 0 Å². The second kappa shape index (κ2) is 12.6. The Morgan fingerprint density at radius 2 is 1.46 bits per heavy atom. The Morgan fingerprint density at radius 1 is 0.878 bits per heavy atom. The molecule has 2 heterocycles. The number of likely N-dealkylation sites (tertiary alicyclic amines) is 1. The van der Waals surface area contributed by atoms with Crippen molar-refractivity contribution in [3.8, 4) is 11.3 Å². The lowest BCUT2D eigenvalue weighted by atomic mass is 9.89. The molecule has 1 amide bonds. The molecule has 0 aliphatic carbocycles. The van der Waals surface area contributed by atoms with Gasteiger partial charge in [0.05, 0.1) is 11.3 Å². The zero-order valence-electron chi connectivity index (χ0n) is 23.8. The van der Waals surface area contributed by atoms with Crippen molar-refractivity contribution in [3.63, 3.8) is 0 Å². The Morgan fingerprint density at radius 3 is 2.05 bits per heavy atom. The highest BCUT2D eigenvalue weighted by Gasteiger charge is 2.22. The lowest BCUT2D eigenvalue weighted by molar-refractivity contribution is -0.129. The zero-order valence-corrected chi connectivity index (χ0v) is 24.6. The van der Waals surface area contributed by atoms with E-state index in [0.717, 1.165) is 60.1 Å². The molecule has 41 heavy (non-hydrogen) atoms. The summed E-state index contributed by atoms with van der Waals surface area (Å²) in [5.74, 6) is -0.209. The van der Waals surface area contributed by atoms with Gasteiger partial charge in [-0.15, -0.1) is 11.3 Å². The van der Waals surface area contributed by atoms with Crippen LogP contribution in [0.15, 0.2) is 78.2 Å². The number of rotatable bonds is 9. The zero-order chi connectivity index (χ0) is 28.9. The largest absolute Gasteiger partial charge is 0.478 e. The van der Waals surface area contributed by atoms with E-state index < -0.39 is 5.97 Å². The van der Waals surface area contributed by atoms with Crippen molar-refractivity contribution in [2.24, 2.45) is 0 Å². The number of carboxylic acids is 1. The van der Waals surface area contributed by atoms with E-state index in [4.69, 9.17) is 10.1 Å². The van der Waals surface area contributed by atoms with Gasteiger partial charge >= 0.3 is 5.97 Å². The van der Waals surface area contributed by atoms with E-state index in [1.807, 2.05) is 24.1 Å². The first-order valence-corrected chi connectivity index (χ1v) is 14.8. The van der Waals surface area contributed by atoms with Gasteiger partial charge in [-0.1, -0.05) is 48.5 Å².